The van der Waals surface area contributed by atoms with Gasteiger partial charge in [0.05, 0.1) is 37.9 Å². The largest absolute Gasteiger partial charge is 0.497 e. The summed E-state index contributed by atoms with van der Waals surface area (Å²) in [6.45, 7) is 5.86. The summed E-state index contributed by atoms with van der Waals surface area (Å²) >= 11 is 0. The van der Waals surface area contributed by atoms with Crippen molar-refractivity contribution in [2.75, 3.05) is 55.2 Å². The Morgan fingerprint density at radius 1 is 0.978 bits per heavy atom. The summed E-state index contributed by atoms with van der Waals surface area (Å²) in [6, 6.07) is 7.02. The fourth-order valence-corrected chi connectivity index (χ4v) is 12.7. The highest BCUT2D eigenvalue weighted by atomic mass is 16.6. The second-order valence-corrected chi connectivity index (χ2v) is 14.6. The maximum absolute atomic E-state index is 14.8. The first-order chi connectivity index (χ1) is 21.6. The number of esters is 1. The molecule has 10 nitrogen and oxygen atoms in total. The van der Waals surface area contributed by atoms with E-state index in [9.17, 15) is 14.7 Å². The average molecular weight is 628 g/mol. The van der Waals surface area contributed by atoms with E-state index in [-0.39, 0.29) is 47.2 Å². The molecule has 5 saturated carbocycles. The predicted molar refractivity (Wildman–Crippen MR) is 163 cm³/mol. The smallest absolute Gasteiger partial charge is 0.303 e. The van der Waals surface area contributed by atoms with E-state index < -0.39 is 40.5 Å². The van der Waals surface area contributed by atoms with Crippen LogP contribution in [-0.4, -0.2) is 113 Å². The number of fused-ring (bicyclic) bond motifs is 2. The van der Waals surface area contributed by atoms with Crippen LogP contribution in [0.5, 0.6) is 5.75 Å². The van der Waals surface area contributed by atoms with E-state index in [1.165, 1.54) is 6.92 Å². The molecule has 1 aromatic carbocycles. The van der Waals surface area contributed by atoms with Crippen molar-refractivity contribution in [3.8, 4) is 5.75 Å². The summed E-state index contributed by atoms with van der Waals surface area (Å²) in [5.74, 6) is -1.66. The molecule has 0 radical (unpaired) electrons. The molecule has 1 aliphatic heterocycles. The van der Waals surface area contributed by atoms with Crippen LogP contribution in [0.25, 0.3) is 0 Å². The van der Waals surface area contributed by atoms with Crippen molar-refractivity contribution in [3.05, 3.63) is 29.8 Å². The Hall–Kier alpha value is -2.08. The Labute approximate surface area is 266 Å². The quantitative estimate of drug-likeness (QED) is 0.307. The minimum absolute atomic E-state index is 0.0227. The molecule has 7 bridgehead atoms. The van der Waals surface area contributed by atoms with Crippen molar-refractivity contribution in [1.29, 1.82) is 0 Å². The molecule has 5 aliphatic carbocycles. The van der Waals surface area contributed by atoms with Gasteiger partial charge in [-0.3, -0.25) is 14.5 Å². The molecule has 45 heavy (non-hydrogen) atoms. The van der Waals surface area contributed by atoms with Gasteiger partial charge in [0, 0.05) is 88.5 Å². The fraction of sp³-hybridized carbons (Fsp3) is 0.771. The van der Waals surface area contributed by atoms with Gasteiger partial charge in [-0.05, 0) is 56.0 Å². The van der Waals surface area contributed by atoms with Crippen molar-refractivity contribution < 1.29 is 43.1 Å². The van der Waals surface area contributed by atoms with Gasteiger partial charge in [-0.15, -0.1) is 0 Å². The minimum Gasteiger partial charge on any atom is -0.497 e. The highest BCUT2D eigenvalue weighted by Crippen LogP contribution is 2.81. The van der Waals surface area contributed by atoms with Gasteiger partial charge in [0.2, 0.25) is 0 Å². The fourth-order valence-electron chi connectivity index (χ4n) is 12.7. The van der Waals surface area contributed by atoms with Crippen LogP contribution in [0.2, 0.25) is 0 Å². The standard InChI is InChI=1S/C35H49NO9/c1-8-36-17-32(18-40-3)14-13-23(42-5)35-22-15-33(39)24(43-6)16-34(45-19(2)37,27(31(35)36)29(44-7)30(32)35)25(22)26(33)28(38)20-9-11-21(41-4)12-10-20/h9-12,22-27,29-31,39H,8,13-18H2,1-7H3/t22-,23+,24+,25-,26+,27+,29+,30-,31?,32+,33-,34-,35+/m1/s1. The molecule has 248 valence electrons. The molecular weight excluding hydrogens is 578 g/mol. The maximum atomic E-state index is 14.8. The second kappa shape index (κ2) is 10.7. The number of carbonyl (C=O) groups excluding carboxylic acids is 2. The number of methoxy groups -OCH3 is 5. The van der Waals surface area contributed by atoms with Crippen LogP contribution in [0, 0.1) is 40.4 Å². The number of piperidine rings is 1. The number of aliphatic hydroxyl groups is 1. The second-order valence-electron chi connectivity index (χ2n) is 14.6. The van der Waals surface area contributed by atoms with E-state index in [0.717, 1.165) is 25.9 Å². The summed E-state index contributed by atoms with van der Waals surface area (Å²) in [7, 11) is 8.52. The molecule has 1 saturated heterocycles. The Morgan fingerprint density at radius 2 is 1.69 bits per heavy atom. The van der Waals surface area contributed by atoms with Crippen molar-refractivity contribution in [2.45, 2.75) is 75.1 Å². The molecule has 10 heteroatoms. The molecule has 1 unspecified atom stereocenters. The first kappa shape index (κ1) is 31.5. The number of benzene rings is 1. The molecule has 1 aromatic rings. The van der Waals surface area contributed by atoms with Crippen LogP contribution in [0.15, 0.2) is 24.3 Å². The number of ketones is 1. The number of likely N-dealkylation sites (tertiary alicyclic amines) is 1. The lowest BCUT2D eigenvalue weighted by Gasteiger charge is -2.69. The number of nitrogens with zero attached hydrogens (tertiary/aromatic N) is 1. The topological polar surface area (TPSA) is 113 Å². The normalized spacial score (nSPS) is 47.4. The minimum atomic E-state index is -1.46. The van der Waals surface area contributed by atoms with Gasteiger partial charge in [-0.2, -0.15) is 0 Å². The molecule has 13 atom stereocenters. The van der Waals surface area contributed by atoms with Crippen LogP contribution < -0.4 is 4.74 Å². The summed E-state index contributed by atoms with van der Waals surface area (Å²) < 4.78 is 37.3. The monoisotopic (exact) mass is 627 g/mol. The Kier molecular flexibility index (Phi) is 7.51. The highest BCUT2D eigenvalue weighted by molar-refractivity contribution is 5.99. The predicted octanol–water partition coefficient (Wildman–Crippen LogP) is 2.99. The number of carbonyl (C=O) groups is 2. The van der Waals surface area contributed by atoms with Crippen molar-refractivity contribution >= 4 is 11.8 Å². The van der Waals surface area contributed by atoms with Crippen LogP contribution in [0.1, 0.15) is 49.9 Å². The van der Waals surface area contributed by atoms with Crippen molar-refractivity contribution in [2.24, 2.45) is 40.4 Å². The summed E-state index contributed by atoms with van der Waals surface area (Å²) in [6.07, 6.45) is 1.28. The van der Waals surface area contributed by atoms with E-state index in [0.29, 0.717) is 30.8 Å². The summed E-state index contributed by atoms with van der Waals surface area (Å²) in [4.78, 5) is 30.7. The van der Waals surface area contributed by atoms with Gasteiger partial charge in [0.1, 0.15) is 17.0 Å². The van der Waals surface area contributed by atoms with E-state index in [1.54, 1.807) is 59.8 Å². The lowest BCUT2D eigenvalue weighted by molar-refractivity contribution is -0.277. The molecule has 1 spiro atoms. The first-order valence-electron chi connectivity index (χ1n) is 16.5. The number of Topliss-reactive ketones (excluding diaryl/α,β-unsaturated/α-hetero) is 1. The van der Waals surface area contributed by atoms with Crippen molar-refractivity contribution in [1.82, 2.24) is 4.90 Å². The summed E-state index contributed by atoms with van der Waals surface area (Å²) in [5.41, 5.74) is -2.76. The van der Waals surface area contributed by atoms with Gasteiger partial charge >= 0.3 is 5.97 Å². The average Bonchev–Trinajstić information content (AvgIpc) is 3.43. The molecule has 1 heterocycles. The van der Waals surface area contributed by atoms with Gasteiger partial charge < -0.3 is 33.5 Å². The molecular formula is C35H49NO9. The number of hydrogen-bond donors (Lipinski definition) is 1. The molecule has 6 aliphatic rings. The zero-order valence-electron chi connectivity index (χ0n) is 27.6. The Bertz CT molecular complexity index is 1340. The molecule has 7 rings (SSSR count). The molecule has 0 aromatic heterocycles. The van der Waals surface area contributed by atoms with Crippen LogP contribution in [0.3, 0.4) is 0 Å². The van der Waals surface area contributed by atoms with Crippen LogP contribution in [-0.2, 0) is 28.5 Å². The van der Waals surface area contributed by atoms with Crippen LogP contribution in [0.4, 0.5) is 0 Å². The Morgan fingerprint density at radius 3 is 2.27 bits per heavy atom. The molecule has 6 fully saturated rings. The van der Waals surface area contributed by atoms with E-state index >= 15 is 0 Å². The third-order valence-corrected chi connectivity index (χ3v) is 13.5. The number of hydrogen-bond acceptors (Lipinski definition) is 10. The van der Waals surface area contributed by atoms with Gasteiger partial charge in [-0.25, -0.2) is 0 Å². The van der Waals surface area contributed by atoms with E-state index in [1.807, 2.05) is 0 Å². The van der Waals surface area contributed by atoms with Gasteiger partial charge in [0.25, 0.3) is 0 Å². The lowest BCUT2D eigenvalue weighted by Crippen LogP contribution is -2.77. The third-order valence-electron chi connectivity index (χ3n) is 13.5. The third kappa shape index (κ3) is 3.72. The lowest BCUT2D eigenvalue weighted by atomic mass is 9.42. The summed E-state index contributed by atoms with van der Waals surface area (Å²) in [5, 5.41) is 12.9. The maximum Gasteiger partial charge on any atom is 0.303 e. The Balaban J connectivity index is 1.52. The zero-order chi connectivity index (χ0) is 32.1. The molecule has 1 N–H and O–H groups in total. The first-order valence-corrected chi connectivity index (χ1v) is 16.5. The molecule has 0 amide bonds. The van der Waals surface area contributed by atoms with Crippen molar-refractivity contribution in [3.63, 3.8) is 0 Å². The highest BCUT2D eigenvalue weighted by Gasteiger charge is 2.89. The number of ether oxygens (including phenoxy) is 6. The number of rotatable bonds is 10. The van der Waals surface area contributed by atoms with E-state index in [4.69, 9.17) is 28.4 Å². The van der Waals surface area contributed by atoms with Crippen LogP contribution >= 0.6 is 0 Å². The van der Waals surface area contributed by atoms with Gasteiger partial charge in [-0.1, -0.05) is 6.92 Å². The van der Waals surface area contributed by atoms with E-state index in [2.05, 4.69) is 11.8 Å². The SMILES string of the molecule is CCN1C[C@]2(COC)CC[C@H](OC)[C@]34C1[C@H]([C@H](OC)[C@H]23)[C@@]1(OC(C)=O)C[C@H](OC)[C@]2(O)C[C@@H]4[C@@H]1[C@H]2C(=O)c1ccc(OC)cc1. The van der Waals surface area contributed by atoms with Gasteiger partial charge in [0.15, 0.2) is 5.78 Å². The zero-order valence-corrected chi connectivity index (χ0v) is 27.6.